The summed E-state index contributed by atoms with van der Waals surface area (Å²) in [5.74, 6) is 1.49. The number of nitrogens with one attached hydrogen (secondary N) is 4. The smallest absolute Gasteiger partial charge is 0.0385 e. The van der Waals surface area contributed by atoms with Crippen molar-refractivity contribution in [3.05, 3.63) is 108 Å². The molecule has 4 heteroatoms. The molecule has 0 radical (unpaired) electrons. The second kappa shape index (κ2) is 16.1. The molecule has 228 valence electrons. The van der Waals surface area contributed by atoms with Gasteiger partial charge >= 0.3 is 0 Å². The molecule has 4 aromatic rings. The Bertz CT molecular complexity index is 1230. The molecule has 0 saturated carbocycles. The van der Waals surface area contributed by atoms with Gasteiger partial charge in [0.25, 0.3) is 0 Å². The molecule has 0 heterocycles. The zero-order valence-corrected chi connectivity index (χ0v) is 27.1. The summed E-state index contributed by atoms with van der Waals surface area (Å²) in [6, 6.07) is 35.6. The number of benzene rings is 4. The van der Waals surface area contributed by atoms with Crippen molar-refractivity contribution in [1.82, 2.24) is 0 Å². The summed E-state index contributed by atoms with van der Waals surface area (Å²) in [4.78, 5) is 0. The highest BCUT2D eigenvalue weighted by atomic mass is 14.9. The van der Waals surface area contributed by atoms with Crippen LogP contribution in [0.5, 0.6) is 0 Å². The molecule has 2 atom stereocenters. The molecule has 0 spiro atoms. The normalized spacial score (nSPS) is 12.7. The summed E-state index contributed by atoms with van der Waals surface area (Å²) in [6.07, 6.45) is 5.78. The molecule has 0 fully saturated rings. The third-order valence-corrected chi connectivity index (χ3v) is 7.84. The predicted octanol–water partition coefficient (Wildman–Crippen LogP) is 11.2. The van der Waals surface area contributed by atoms with E-state index in [-0.39, 0.29) is 0 Å². The van der Waals surface area contributed by atoms with Crippen LogP contribution in [-0.4, -0.2) is 12.1 Å². The van der Waals surface area contributed by atoms with E-state index >= 15 is 0 Å². The number of hydrogen-bond donors (Lipinski definition) is 4. The van der Waals surface area contributed by atoms with Crippen molar-refractivity contribution in [1.29, 1.82) is 0 Å². The van der Waals surface area contributed by atoms with Gasteiger partial charge < -0.3 is 21.3 Å². The fraction of sp³-hybridized carbons (Fsp3) is 0.385. The first kappa shape index (κ1) is 32.0. The van der Waals surface area contributed by atoms with E-state index in [9.17, 15) is 0 Å². The Balaban J connectivity index is 1.22. The van der Waals surface area contributed by atoms with E-state index < -0.39 is 0 Å². The van der Waals surface area contributed by atoms with Crippen LogP contribution in [0.1, 0.15) is 78.4 Å². The van der Waals surface area contributed by atoms with Gasteiger partial charge in [-0.1, -0.05) is 52.0 Å². The minimum Gasteiger partial charge on any atom is -0.383 e. The second-order valence-electron chi connectivity index (χ2n) is 13.0. The van der Waals surface area contributed by atoms with Crippen LogP contribution in [0.15, 0.2) is 97.1 Å². The second-order valence-corrected chi connectivity index (χ2v) is 13.0. The van der Waals surface area contributed by atoms with E-state index in [0.717, 1.165) is 41.0 Å². The largest absolute Gasteiger partial charge is 0.383 e. The zero-order valence-electron chi connectivity index (χ0n) is 27.1. The maximum Gasteiger partial charge on any atom is 0.0385 e. The lowest BCUT2D eigenvalue weighted by Crippen LogP contribution is -2.15. The van der Waals surface area contributed by atoms with Gasteiger partial charge in [0.1, 0.15) is 0 Å². The highest BCUT2D eigenvalue weighted by Gasteiger charge is 2.06. The van der Waals surface area contributed by atoms with Crippen molar-refractivity contribution in [3.63, 3.8) is 0 Å². The van der Waals surface area contributed by atoms with Crippen molar-refractivity contribution < 1.29 is 0 Å². The molecule has 4 rings (SSSR count). The van der Waals surface area contributed by atoms with E-state index in [2.05, 4.69) is 160 Å². The molecule has 43 heavy (non-hydrogen) atoms. The third-order valence-electron chi connectivity index (χ3n) is 7.84. The van der Waals surface area contributed by atoms with Crippen molar-refractivity contribution in [2.24, 2.45) is 11.8 Å². The Morgan fingerprint density at radius 1 is 0.372 bits per heavy atom. The minimum atomic E-state index is 0.481. The molecule has 0 aliphatic rings. The van der Waals surface area contributed by atoms with E-state index in [1.807, 2.05) is 0 Å². The predicted molar refractivity (Wildman–Crippen MR) is 189 cm³/mol. The van der Waals surface area contributed by atoms with Crippen LogP contribution in [0, 0.1) is 11.8 Å². The monoisotopic (exact) mass is 576 g/mol. The van der Waals surface area contributed by atoms with Gasteiger partial charge in [-0.05, 0) is 142 Å². The fourth-order valence-electron chi connectivity index (χ4n) is 5.16. The van der Waals surface area contributed by atoms with Crippen molar-refractivity contribution >= 4 is 34.1 Å². The van der Waals surface area contributed by atoms with Gasteiger partial charge in [0.05, 0.1) is 0 Å². The van der Waals surface area contributed by atoms with E-state index in [1.165, 1.54) is 48.2 Å². The fourth-order valence-corrected chi connectivity index (χ4v) is 5.16. The first-order chi connectivity index (χ1) is 20.7. The molecular formula is C39H52N4. The molecule has 4 aromatic carbocycles. The van der Waals surface area contributed by atoms with Crippen LogP contribution >= 0.6 is 0 Å². The molecule has 0 aliphatic carbocycles. The maximum absolute atomic E-state index is 3.61. The average molecular weight is 577 g/mol. The minimum absolute atomic E-state index is 0.481. The van der Waals surface area contributed by atoms with Gasteiger partial charge in [-0.25, -0.2) is 0 Å². The van der Waals surface area contributed by atoms with Gasteiger partial charge in [0, 0.05) is 46.2 Å². The topological polar surface area (TPSA) is 48.1 Å². The Kier molecular flexibility index (Phi) is 12.0. The molecule has 0 bridgehead atoms. The first-order valence-corrected chi connectivity index (χ1v) is 16.2. The number of anilines is 6. The summed E-state index contributed by atoms with van der Waals surface area (Å²) in [6.45, 7) is 13.6. The Hall–Kier alpha value is -3.92. The third kappa shape index (κ3) is 11.4. The van der Waals surface area contributed by atoms with Crippen LogP contribution in [0.25, 0.3) is 0 Å². The highest BCUT2D eigenvalue weighted by Crippen LogP contribution is 2.24. The van der Waals surface area contributed by atoms with E-state index in [4.69, 9.17) is 0 Å². The van der Waals surface area contributed by atoms with Crippen molar-refractivity contribution in [2.75, 3.05) is 21.3 Å². The van der Waals surface area contributed by atoms with Gasteiger partial charge in [0.15, 0.2) is 0 Å². The van der Waals surface area contributed by atoms with Crippen LogP contribution in [0.3, 0.4) is 0 Å². The summed E-state index contributed by atoms with van der Waals surface area (Å²) in [5.41, 5.74) is 9.33. The maximum atomic E-state index is 3.61. The Labute approximate surface area is 260 Å². The summed E-state index contributed by atoms with van der Waals surface area (Å²) in [7, 11) is 0. The average Bonchev–Trinajstić information content (AvgIpc) is 2.99. The number of rotatable bonds is 16. The Morgan fingerprint density at radius 2 is 0.651 bits per heavy atom. The lowest BCUT2D eigenvalue weighted by molar-refractivity contribution is 0.528. The number of hydrogen-bond acceptors (Lipinski definition) is 4. The first-order valence-electron chi connectivity index (χ1n) is 16.2. The van der Waals surface area contributed by atoms with Crippen LogP contribution in [0.2, 0.25) is 0 Å². The summed E-state index contributed by atoms with van der Waals surface area (Å²) < 4.78 is 0. The highest BCUT2D eigenvalue weighted by molar-refractivity contribution is 5.64. The van der Waals surface area contributed by atoms with E-state index in [0.29, 0.717) is 12.1 Å². The molecule has 2 unspecified atom stereocenters. The molecule has 0 amide bonds. The van der Waals surface area contributed by atoms with E-state index in [1.54, 1.807) is 0 Å². The van der Waals surface area contributed by atoms with Crippen LogP contribution < -0.4 is 21.3 Å². The van der Waals surface area contributed by atoms with Crippen molar-refractivity contribution in [3.8, 4) is 0 Å². The molecule has 0 saturated heterocycles. The van der Waals surface area contributed by atoms with Gasteiger partial charge in [-0.15, -0.1) is 0 Å². The molecule has 0 aromatic heterocycles. The van der Waals surface area contributed by atoms with Crippen LogP contribution in [0.4, 0.5) is 34.1 Å². The molecular weight excluding hydrogens is 524 g/mol. The summed E-state index contributed by atoms with van der Waals surface area (Å²) >= 11 is 0. The lowest BCUT2D eigenvalue weighted by atomic mass is 10.0. The van der Waals surface area contributed by atoms with Crippen molar-refractivity contribution in [2.45, 2.75) is 85.7 Å². The molecule has 0 aliphatic heterocycles. The van der Waals surface area contributed by atoms with Gasteiger partial charge in [-0.2, -0.15) is 0 Å². The van der Waals surface area contributed by atoms with Gasteiger partial charge in [-0.3, -0.25) is 0 Å². The Morgan fingerprint density at radius 3 is 0.953 bits per heavy atom. The molecule has 4 N–H and O–H groups in total. The summed E-state index contributed by atoms with van der Waals surface area (Å²) in [5, 5.41) is 14.3. The SMILES string of the molecule is CC(C)CCC(C)Nc1ccc(Nc2ccc(Cc3ccc(Nc4ccc(NC(C)CCC(C)C)cc4)cc3)cc2)cc1. The van der Waals surface area contributed by atoms with Crippen LogP contribution in [-0.2, 0) is 6.42 Å². The van der Waals surface area contributed by atoms with Gasteiger partial charge in [0.2, 0.25) is 0 Å². The standard InChI is InChI=1S/C39H52N4/c1-28(2)7-9-30(5)40-34-19-23-38(24-20-34)42-36-15-11-32(12-16-36)27-33-13-17-37(18-14-33)43-39-25-21-35(22-26-39)41-31(6)10-8-29(3)4/h11-26,28-31,40-43H,7-10,27H2,1-6H3. The lowest BCUT2D eigenvalue weighted by Gasteiger charge is -2.17. The quantitative estimate of drug-likeness (QED) is 0.107. The molecule has 4 nitrogen and oxygen atoms in total. The zero-order chi connectivity index (χ0) is 30.6.